The van der Waals surface area contributed by atoms with Gasteiger partial charge in [-0.25, -0.2) is 9.50 Å². The topological polar surface area (TPSA) is 82.8 Å². The first kappa shape index (κ1) is 19.5. The smallest absolute Gasteiger partial charge is 0.255 e. The first-order valence-corrected chi connectivity index (χ1v) is 10.2. The zero-order valence-corrected chi connectivity index (χ0v) is 16.5. The second kappa shape index (κ2) is 8.71. The van der Waals surface area contributed by atoms with Crippen molar-refractivity contribution < 1.29 is 9.90 Å². The Labute approximate surface area is 170 Å². The molecule has 4 rings (SSSR count). The Morgan fingerprint density at radius 1 is 1.21 bits per heavy atom. The second-order valence-electron chi connectivity index (χ2n) is 7.68. The summed E-state index contributed by atoms with van der Waals surface area (Å²) in [5.74, 6) is -0.165. The van der Waals surface area contributed by atoms with Crippen molar-refractivity contribution in [1.82, 2.24) is 24.8 Å². The Bertz CT molecular complexity index is 958. The number of amides is 1. The lowest BCUT2D eigenvalue weighted by molar-refractivity contribution is -0.156. The van der Waals surface area contributed by atoms with Gasteiger partial charge in [0.15, 0.2) is 11.2 Å². The molecule has 1 aromatic carbocycles. The summed E-state index contributed by atoms with van der Waals surface area (Å²) in [5.41, 5.74) is 1.65. The van der Waals surface area contributed by atoms with Gasteiger partial charge in [-0.15, -0.1) is 0 Å². The van der Waals surface area contributed by atoms with Crippen LogP contribution in [0.15, 0.2) is 55.0 Å². The number of hydrogen-bond donors (Lipinski definition) is 2. The fourth-order valence-electron chi connectivity index (χ4n) is 3.97. The van der Waals surface area contributed by atoms with Crippen LogP contribution in [0.1, 0.15) is 30.4 Å². The molecule has 7 heteroatoms. The van der Waals surface area contributed by atoms with Crippen molar-refractivity contribution in [2.45, 2.75) is 37.8 Å². The summed E-state index contributed by atoms with van der Waals surface area (Å²) in [6.07, 6.45) is 8.46. The van der Waals surface area contributed by atoms with E-state index in [0.29, 0.717) is 26.1 Å². The normalized spacial score (nSPS) is 19.8. The predicted molar refractivity (Wildman–Crippen MR) is 110 cm³/mol. The average molecular weight is 393 g/mol. The molecule has 1 amide bonds. The van der Waals surface area contributed by atoms with Gasteiger partial charge in [0.25, 0.3) is 5.91 Å². The SMILES string of the molecule is O=C1N(CCCc2ccccc2)CCC[C@@]1(O)CNCc1cnn2cccnc12. The minimum Gasteiger partial charge on any atom is -0.379 e. The third-order valence-corrected chi connectivity index (χ3v) is 5.53. The molecule has 3 aromatic rings. The van der Waals surface area contributed by atoms with E-state index >= 15 is 0 Å². The Morgan fingerprint density at radius 2 is 2.07 bits per heavy atom. The van der Waals surface area contributed by atoms with E-state index in [1.54, 1.807) is 16.9 Å². The average Bonchev–Trinajstić information content (AvgIpc) is 3.15. The molecule has 1 fully saturated rings. The first-order chi connectivity index (χ1) is 14.2. The molecule has 0 radical (unpaired) electrons. The van der Waals surface area contributed by atoms with E-state index in [-0.39, 0.29) is 12.5 Å². The molecule has 0 saturated carbocycles. The summed E-state index contributed by atoms with van der Waals surface area (Å²) in [6.45, 7) is 2.12. The summed E-state index contributed by atoms with van der Waals surface area (Å²) in [5, 5.41) is 18.5. The molecular formula is C22H27N5O2. The number of carbonyl (C=O) groups excluding carboxylic acids is 1. The minimum atomic E-state index is -1.35. The number of piperidine rings is 1. The molecule has 0 spiro atoms. The highest BCUT2D eigenvalue weighted by Gasteiger charge is 2.41. The number of nitrogens with zero attached hydrogens (tertiary/aromatic N) is 4. The van der Waals surface area contributed by atoms with Crippen LogP contribution in [-0.4, -0.2) is 55.7 Å². The number of benzene rings is 1. The third kappa shape index (κ3) is 4.46. The van der Waals surface area contributed by atoms with Gasteiger partial charge in [-0.3, -0.25) is 4.79 Å². The zero-order valence-electron chi connectivity index (χ0n) is 16.5. The van der Waals surface area contributed by atoms with Gasteiger partial charge in [0.2, 0.25) is 0 Å². The van der Waals surface area contributed by atoms with Crippen molar-refractivity contribution in [3.05, 3.63) is 66.1 Å². The Balaban J connectivity index is 1.30. The molecule has 0 aliphatic carbocycles. The Morgan fingerprint density at radius 3 is 2.93 bits per heavy atom. The summed E-state index contributed by atoms with van der Waals surface area (Å²) >= 11 is 0. The number of hydrogen-bond acceptors (Lipinski definition) is 5. The molecule has 1 saturated heterocycles. The molecule has 7 nitrogen and oxygen atoms in total. The maximum atomic E-state index is 12.9. The lowest BCUT2D eigenvalue weighted by Crippen LogP contribution is -2.58. The molecule has 152 valence electrons. The number of aryl methyl sites for hydroxylation is 1. The molecule has 2 N–H and O–H groups in total. The highest BCUT2D eigenvalue weighted by Crippen LogP contribution is 2.23. The van der Waals surface area contributed by atoms with Crippen molar-refractivity contribution in [2.75, 3.05) is 19.6 Å². The van der Waals surface area contributed by atoms with Crippen molar-refractivity contribution in [3.8, 4) is 0 Å². The monoisotopic (exact) mass is 393 g/mol. The standard InChI is InChI=1S/C22H27N5O2/c28-21-22(29,17-23-15-19-16-25-27-14-6-11-24-20(19)27)10-5-13-26(21)12-4-9-18-7-2-1-3-8-18/h1-3,6-8,11,14,16,23,29H,4-5,9-10,12-13,15,17H2/t22-/m1/s1. The largest absolute Gasteiger partial charge is 0.379 e. The lowest BCUT2D eigenvalue weighted by Gasteiger charge is -2.38. The van der Waals surface area contributed by atoms with Crippen molar-refractivity contribution in [2.24, 2.45) is 0 Å². The van der Waals surface area contributed by atoms with Crippen LogP contribution in [0.25, 0.3) is 5.65 Å². The molecule has 0 bridgehead atoms. The van der Waals surface area contributed by atoms with Crippen LogP contribution < -0.4 is 5.32 Å². The molecule has 3 heterocycles. The second-order valence-corrected chi connectivity index (χ2v) is 7.68. The first-order valence-electron chi connectivity index (χ1n) is 10.2. The number of likely N-dealkylation sites (tertiary alicyclic amines) is 1. The molecule has 0 unspecified atom stereocenters. The summed E-state index contributed by atoms with van der Waals surface area (Å²) in [6, 6.07) is 12.1. The van der Waals surface area contributed by atoms with Gasteiger partial charge < -0.3 is 15.3 Å². The van der Waals surface area contributed by atoms with Crippen LogP contribution in [0.2, 0.25) is 0 Å². The van der Waals surface area contributed by atoms with Gasteiger partial charge in [0.1, 0.15) is 0 Å². The number of rotatable bonds is 8. The minimum absolute atomic E-state index is 0.165. The fraction of sp³-hybridized carbons (Fsp3) is 0.409. The number of fused-ring (bicyclic) bond motifs is 1. The molecule has 1 aliphatic rings. The van der Waals surface area contributed by atoms with Gasteiger partial charge in [-0.1, -0.05) is 30.3 Å². The zero-order chi connectivity index (χ0) is 20.1. The quantitative estimate of drug-likeness (QED) is 0.610. The number of nitrogens with one attached hydrogen (secondary N) is 1. The van der Waals surface area contributed by atoms with Crippen LogP contribution in [0.4, 0.5) is 0 Å². The molecule has 1 aliphatic heterocycles. The van der Waals surface area contributed by atoms with Gasteiger partial charge in [-0.05, 0) is 37.3 Å². The van der Waals surface area contributed by atoms with E-state index < -0.39 is 5.60 Å². The van der Waals surface area contributed by atoms with Crippen molar-refractivity contribution >= 4 is 11.6 Å². The summed E-state index contributed by atoms with van der Waals surface area (Å²) in [4.78, 5) is 19.0. The third-order valence-electron chi connectivity index (χ3n) is 5.53. The van der Waals surface area contributed by atoms with Crippen LogP contribution in [-0.2, 0) is 17.8 Å². The number of carbonyl (C=O) groups is 1. The predicted octanol–water partition coefficient (Wildman–Crippen LogP) is 1.81. The van der Waals surface area contributed by atoms with E-state index in [0.717, 1.165) is 30.5 Å². The highest BCUT2D eigenvalue weighted by atomic mass is 16.3. The van der Waals surface area contributed by atoms with E-state index in [4.69, 9.17) is 0 Å². The van der Waals surface area contributed by atoms with Gasteiger partial charge >= 0.3 is 0 Å². The summed E-state index contributed by atoms with van der Waals surface area (Å²) in [7, 11) is 0. The van der Waals surface area contributed by atoms with Gasteiger partial charge in [0, 0.05) is 44.1 Å². The molecule has 1 atom stereocenters. The van der Waals surface area contributed by atoms with Crippen molar-refractivity contribution in [3.63, 3.8) is 0 Å². The lowest BCUT2D eigenvalue weighted by atomic mass is 9.91. The van der Waals surface area contributed by atoms with Crippen LogP contribution in [0, 0.1) is 0 Å². The number of aromatic nitrogens is 3. The maximum Gasteiger partial charge on any atom is 0.255 e. The molecule has 29 heavy (non-hydrogen) atoms. The van der Waals surface area contributed by atoms with Crippen LogP contribution in [0.3, 0.4) is 0 Å². The van der Waals surface area contributed by atoms with Gasteiger partial charge in [0.05, 0.1) is 6.20 Å². The van der Waals surface area contributed by atoms with Crippen LogP contribution >= 0.6 is 0 Å². The summed E-state index contributed by atoms with van der Waals surface area (Å²) < 4.78 is 1.71. The molecule has 2 aromatic heterocycles. The van der Waals surface area contributed by atoms with Crippen molar-refractivity contribution in [1.29, 1.82) is 0 Å². The van der Waals surface area contributed by atoms with E-state index in [2.05, 4.69) is 27.5 Å². The highest BCUT2D eigenvalue weighted by molar-refractivity contribution is 5.86. The fourth-order valence-corrected chi connectivity index (χ4v) is 3.97. The maximum absolute atomic E-state index is 12.9. The Hall–Kier alpha value is -2.77. The Kier molecular flexibility index (Phi) is 5.87. The molecular weight excluding hydrogens is 366 g/mol. The van der Waals surface area contributed by atoms with E-state index in [1.165, 1.54) is 5.56 Å². The van der Waals surface area contributed by atoms with E-state index in [1.807, 2.05) is 35.4 Å². The van der Waals surface area contributed by atoms with E-state index in [9.17, 15) is 9.90 Å². The van der Waals surface area contributed by atoms with Gasteiger partial charge in [-0.2, -0.15) is 5.10 Å². The number of aliphatic hydroxyl groups is 1. The van der Waals surface area contributed by atoms with Crippen LogP contribution in [0.5, 0.6) is 0 Å².